The van der Waals surface area contributed by atoms with Gasteiger partial charge in [0.1, 0.15) is 0 Å². The second-order valence-electron chi connectivity index (χ2n) is 5.34. The van der Waals surface area contributed by atoms with Crippen molar-refractivity contribution in [3.63, 3.8) is 0 Å². The van der Waals surface area contributed by atoms with E-state index in [0.717, 1.165) is 26.2 Å². The monoisotopic (exact) mass is 233 g/mol. The van der Waals surface area contributed by atoms with Gasteiger partial charge in [-0.05, 0) is 24.5 Å². The molecular weight excluding hydrogens is 210 g/mol. The van der Waals surface area contributed by atoms with Crippen LogP contribution >= 0.6 is 0 Å². The van der Waals surface area contributed by atoms with E-state index in [9.17, 15) is 0 Å². The average Bonchev–Trinajstić information content (AvgIpc) is 2.29. The van der Waals surface area contributed by atoms with Gasteiger partial charge in [0.2, 0.25) is 0 Å². The van der Waals surface area contributed by atoms with Gasteiger partial charge in [-0.1, -0.05) is 19.9 Å². The molecule has 1 aliphatic rings. The molecule has 0 aliphatic carbocycles. The summed E-state index contributed by atoms with van der Waals surface area (Å²) in [7, 11) is 0. The van der Waals surface area contributed by atoms with Crippen LogP contribution in [0.15, 0.2) is 18.3 Å². The Labute approximate surface area is 104 Å². The fourth-order valence-corrected chi connectivity index (χ4v) is 2.28. The summed E-state index contributed by atoms with van der Waals surface area (Å²) in [6.07, 6.45) is 2.03. The number of aromatic nitrogens is 1. The maximum absolute atomic E-state index is 4.52. The highest BCUT2D eigenvalue weighted by atomic mass is 15.2. The van der Waals surface area contributed by atoms with Gasteiger partial charge in [-0.25, -0.2) is 0 Å². The Morgan fingerprint density at radius 1 is 1.47 bits per heavy atom. The van der Waals surface area contributed by atoms with E-state index in [1.165, 1.54) is 11.3 Å². The predicted octanol–water partition coefficient (Wildman–Crippen LogP) is 2.00. The van der Waals surface area contributed by atoms with Crippen LogP contribution in [0.1, 0.15) is 37.9 Å². The molecule has 1 aromatic rings. The van der Waals surface area contributed by atoms with Crippen LogP contribution in [0.3, 0.4) is 0 Å². The zero-order valence-corrected chi connectivity index (χ0v) is 11.1. The standard InChI is InChI=1S/C14H23N3/c1-11(2)14-5-4-13(8-16-14)10-17-7-6-15-12(3)9-17/h4-5,8,11-12,15H,6-7,9-10H2,1-3H3. The van der Waals surface area contributed by atoms with Crippen LogP contribution in [0.4, 0.5) is 0 Å². The summed E-state index contributed by atoms with van der Waals surface area (Å²) in [5, 5.41) is 3.46. The normalized spacial score (nSPS) is 22.0. The van der Waals surface area contributed by atoms with E-state index in [-0.39, 0.29) is 0 Å². The lowest BCUT2D eigenvalue weighted by atomic mass is 10.1. The largest absolute Gasteiger partial charge is 0.312 e. The molecule has 1 unspecified atom stereocenters. The molecule has 0 saturated carbocycles. The van der Waals surface area contributed by atoms with Crippen LogP contribution in [0.5, 0.6) is 0 Å². The summed E-state index contributed by atoms with van der Waals surface area (Å²) < 4.78 is 0. The van der Waals surface area contributed by atoms with E-state index in [4.69, 9.17) is 0 Å². The molecule has 3 heteroatoms. The van der Waals surface area contributed by atoms with Gasteiger partial charge in [-0.15, -0.1) is 0 Å². The van der Waals surface area contributed by atoms with Crippen molar-refractivity contribution in [2.24, 2.45) is 0 Å². The smallest absolute Gasteiger partial charge is 0.0429 e. The molecule has 0 amide bonds. The van der Waals surface area contributed by atoms with Crippen molar-refractivity contribution >= 4 is 0 Å². The molecule has 1 atom stereocenters. The maximum atomic E-state index is 4.52. The van der Waals surface area contributed by atoms with E-state index in [0.29, 0.717) is 12.0 Å². The Hall–Kier alpha value is -0.930. The van der Waals surface area contributed by atoms with Gasteiger partial charge in [0.05, 0.1) is 0 Å². The molecule has 1 fully saturated rings. The first-order valence-corrected chi connectivity index (χ1v) is 6.55. The minimum absolute atomic E-state index is 0.517. The average molecular weight is 233 g/mol. The van der Waals surface area contributed by atoms with E-state index >= 15 is 0 Å². The highest BCUT2D eigenvalue weighted by Crippen LogP contribution is 2.13. The summed E-state index contributed by atoms with van der Waals surface area (Å²) in [6, 6.07) is 4.98. The Bertz CT molecular complexity index is 345. The van der Waals surface area contributed by atoms with Crippen molar-refractivity contribution in [2.45, 2.75) is 39.3 Å². The second kappa shape index (κ2) is 5.61. The first-order chi connectivity index (χ1) is 8.15. The molecule has 1 aromatic heterocycles. The van der Waals surface area contributed by atoms with Crippen molar-refractivity contribution in [2.75, 3.05) is 19.6 Å². The number of piperazine rings is 1. The number of pyridine rings is 1. The third-order valence-electron chi connectivity index (χ3n) is 3.30. The Morgan fingerprint density at radius 2 is 2.29 bits per heavy atom. The van der Waals surface area contributed by atoms with E-state index in [1.807, 2.05) is 6.20 Å². The number of nitrogens with one attached hydrogen (secondary N) is 1. The lowest BCUT2D eigenvalue weighted by Gasteiger charge is -2.31. The molecule has 1 aliphatic heterocycles. The zero-order chi connectivity index (χ0) is 12.3. The molecular formula is C14H23N3. The molecule has 0 radical (unpaired) electrons. The molecule has 17 heavy (non-hydrogen) atoms. The summed E-state index contributed by atoms with van der Waals surface area (Å²) in [5.41, 5.74) is 2.51. The van der Waals surface area contributed by atoms with Crippen LogP contribution in [0, 0.1) is 0 Å². The fourth-order valence-electron chi connectivity index (χ4n) is 2.28. The van der Waals surface area contributed by atoms with Gasteiger partial charge in [-0.3, -0.25) is 9.88 Å². The summed E-state index contributed by atoms with van der Waals surface area (Å²) in [6.45, 7) is 11.0. The molecule has 1 N–H and O–H groups in total. The first kappa shape index (κ1) is 12.5. The number of hydrogen-bond acceptors (Lipinski definition) is 3. The van der Waals surface area contributed by atoms with Crippen LogP contribution < -0.4 is 5.32 Å². The number of nitrogens with zero attached hydrogens (tertiary/aromatic N) is 2. The van der Waals surface area contributed by atoms with Gasteiger partial charge in [-0.2, -0.15) is 0 Å². The minimum Gasteiger partial charge on any atom is -0.312 e. The van der Waals surface area contributed by atoms with Crippen molar-refractivity contribution < 1.29 is 0 Å². The highest BCUT2D eigenvalue weighted by molar-refractivity contribution is 5.16. The second-order valence-corrected chi connectivity index (χ2v) is 5.34. The highest BCUT2D eigenvalue weighted by Gasteiger charge is 2.15. The molecule has 94 valence electrons. The predicted molar refractivity (Wildman–Crippen MR) is 71.1 cm³/mol. The van der Waals surface area contributed by atoms with Crippen LogP contribution in [-0.2, 0) is 6.54 Å². The van der Waals surface area contributed by atoms with Gasteiger partial charge in [0.25, 0.3) is 0 Å². The quantitative estimate of drug-likeness (QED) is 0.865. The van der Waals surface area contributed by atoms with E-state index < -0.39 is 0 Å². The summed E-state index contributed by atoms with van der Waals surface area (Å²) in [4.78, 5) is 7.01. The van der Waals surface area contributed by atoms with Crippen molar-refractivity contribution in [3.8, 4) is 0 Å². The van der Waals surface area contributed by atoms with Crippen LogP contribution in [0.25, 0.3) is 0 Å². The van der Waals surface area contributed by atoms with Crippen LogP contribution in [0.2, 0.25) is 0 Å². The lowest BCUT2D eigenvalue weighted by molar-refractivity contribution is 0.199. The van der Waals surface area contributed by atoms with Gasteiger partial charge in [0.15, 0.2) is 0 Å². The molecule has 0 spiro atoms. The molecule has 2 rings (SSSR count). The van der Waals surface area contributed by atoms with Gasteiger partial charge < -0.3 is 5.32 Å². The zero-order valence-electron chi connectivity index (χ0n) is 11.1. The molecule has 2 heterocycles. The third kappa shape index (κ3) is 3.51. The first-order valence-electron chi connectivity index (χ1n) is 6.55. The Kier molecular flexibility index (Phi) is 4.13. The van der Waals surface area contributed by atoms with Crippen molar-refractivity contribution in [1.82, 2.24) is 15.2 Å². The molecule has 1 saturated heterocycles. The van der Waals surface area contributed by atoms with E-state index in [2.05, 4.69) is 48.1 Å². The van der Waals surface area contributed by atoms with Gasteiger partial charge in [0, 0.05) is 44.1 Å². The molecule has 3 nitrogen and oxygen atoms in total. The number of rotatable bonds is 3. The van der Waals surface area contributed by atoms with Crippen molar-refractivity contribution in [1.29, 1.82) is 0 Å². The third-order valence-corrected chi connectivity index (χ3v) is 3.30. The van der Waals surface area contributed by atoms with Crippen LogP contribution in [-0.4, -0.2) is 35.6 Å². The molecule has 0 aromatic carbocycles. The Balaban J connectivity index is 1.94. The minimum atomic E-state index is 0.517. The maximum Gasteiger partial charge on any atom is 0.0429 e. The van der Waals surface area contributed by atoms with Gasteiger partial charge >= 0.3 is 0 Å². The topological polar surface area (TPSA) is 28.2 Å². The fraction of sp³-hybridized carbons (Fsp3) is 0.643. The SMILES string of the molecule is CC1CN(Cc2ccc(C(C)C)nc2)CCN1. The lowest BCUT2D eigenvalue weighted by Crippen LogP contribution is -2.48. The summed E-state index contributed by atoms with van der Waals surface area (Å²) in [5.74, 6) is 0.517. The number of hydrogen-bond donors (Lipinski definition) is 1. The molecule has 0 bridgehead atoms. The summed E-state index contributed by atoms with van der Waals surface area (Å²) >= 11 is 0. The van der Waals surface area contributed by atoms with E-state index in [1.54, 1.807) is 0 Å². The Morgan fingerprint density at radius 3 is 2.88 bits per heavy atom. The van der Waals surface area contributed by atoms with Crippen molar-refractivity contribution in [3.05, 3.63) is 29.6 Å².